The monoisotopic (exact) mass is 228 g/mol. The number of aromatic nitrogens is 1. The number of methoxy groups -OCH3 is 1. The van der Waals surface area contributed by atoms with Gasteiger partial charge in [0.2, 0.25) is 0 Å². The van der Waals surface area contributed by atoms with E-state index in [1.54, 1.807) is 49.7 Å². The highest BCUT2D eigenvalue weighted by Crippen LogP contribution is 2.17. The molecule has 0 aliphatic rings. The van der Waals surface area contributed by atoms with Crippen LogP contribution in [0.1, 0.15) is 15.9 Å². The third kappa shape index (κ3) is 2.25. The summed E-state index contributed by atoms with van der Waals surface area (Å²) in [6, 6.07) is 10.2. The Balaban J connectivity index is 2.34. The molecule has 0 radical (unpaired) electrons. The van der Waals surface area contributed by atoms with Gasteiger partial charge in [-0.1, -0.05) is 0 Å². The van der Waals surface area contributed by atoms with Gasteiger partial charge in [-0.2, -0.15) is 0 Å². The molecular formula is C13H12N2O2. The predicted molar refractivity (Wildman–Crippen MR) is 65.1 cm³/mol. The predicted octanol–water partition coefficient (Wildman–Crippen LogP) is 1.90. The third-order valence-corrected chi connectivity index (χ3v) is 2.44. The van der Waals surface area contributed by atoms with Crippen LogP contribution in [-0.4, -0.2) is 17.9 Å². The molecule has 0 fully saturated rings. The molecule has 0 unspecified atom stereocenters. The molecule has 0 aliphatic heterocycles. The lowest BCUT2D eigenvalue weighted by molar-refractivity contribution is 0.103. The molecule has 4 heteroatoms. The van der Waals surface area contributed by atoms with Crippen molar-refractivity contribution in [2.24, 2.45) is 0 Å². The first kappa shape index (κ1) is 11.1. The van der Waals surface area contributed by atoms with Crippen LogP contribution in [0.5, 0.6) is 5.75 Å². The van der Waals surface area contributed by atoms with E-state index >= 15 is 0 Å². The van der Waals surface area contributed by atoms with E-state index in [4.69, 9.17) is 10.5 Å². The van der Waals surface area contributed by atoms with E-state index in [1.807, 2.05) is 0 Å². The molecule has 1 aromatic carbocycles. The standard InChI is InChI=1S/C13H12N2O2/c1-17-10-6-4-9(5-7-10)12(16)11-3-2-8-15-13(11)14/h2-8H,1H3,(H2,14,15). The lowest BCUT2D eigenvalue weighted by atomic mass is 10.0. The molecule has 0 saturated carbocycles. The summed E-state index contributed by atoms with van der Waals surface area (Å²) in [5.74, 6) is 0.812. The summed E-state index contributed by atoms with van der Waals surface area (Å²) in [7, 11) is 1.58. The number of hydrogen-bond acceptors (Lipinski definition) is 4. The molecule has 0 bridgehead atoms. The molecule has 0 aliphatic carbocycles. The van der Waals surface area contributed by atoms with Crippen molar-refractivity contribution in [2.75, 3.05) is 12.8 Å². The molecule has 0 amide bonds. The summed E-state index contributed by atoms with van der Waals surface area (Å²) in [6.07, 6.45) is 1.56. The molecular weight excluding hydrogens is 216 g/mol. The average molecular weight is 228 g/mol. The second-order valence-corrected chi connectivity index (χ2v) is 3.49. The second-order valence-electron chi connectivity index (χ2n) is 3.49. The van der Waals surface area contributed by atoms with Crippen LogP contribution in [0, 0.1) is 0 Å². The van der Waals surface area contributed by atoms with Crippen molar-refractivity contribution < 1.29 is 9.53 Å². The van der Waals surface area contributed by atoms with Crippen LogP contribution in [0.2, 0.25) is 0 Å². The summed E-state index contributed by atoms with van der Waals surface area (Å²) >= 11 is 0. The highest BCUT2D eigenvalue weighted by atomic mass is 16.5. The first-order valence-corrected chi connectivity index (χ1v) is 5.11. The van der Waals surface area contributed by atoms with E-state index < -0.39 is 0 Å². The number of nitrogens with zero attached hydrogens (tertiary/aromatic N) is 1. The Bertz CT molecular complexity index is 535. The Morgan fingerprint density at radius 3 is 2.53 bits per heavy atom. The Kier molecular flexibility index (Phi) is 3.05. The van der Waals surface area contributed by atoms with Crippen molar-refractivity contribution in [1.82, 2.24) is 4.98 Å². The Labute approximate surface area is 99.1 Å². The van der Waals surface area contributed by atoms with Gasteiger partial charge in [-0.15, -0.1) is 0 Å². The maximum Gasteiger partial charge on any atom is 0.196 e. The van der Waals surface area contributed by atoms with Gasteiger partial charge in [0.05, 0.1) is 12.7 Å². The molecule has 0 atom stereocenters. The van der Waals surface area contributed by atoms with Gasteiger partial charge in [0.15, 0.2) is 5.78 Å². The van der Waals surface area contributed by atoms with E-state index in [0.717, 1.165) is 0 Å². The minimum atomic E-state index is -0.141. The fourth-order valence-electron chi connectivity index (χ4n) is 1.51. The largest absolute Gasteiger partial charge is 0.497 e. The van der Waals surface area contributed by atoms with Gasteiger partial charge in [-0.05, 0) is 36.4 Å². The van der Waals surface area contributed by atoms with E-state index in [-0.39, 0.29) is 11.6 Å². The van der Waals surface area contributed by atoms with Gasteiger partial charge in [-0.3, -0.25) is 4.79 Å². The van der Waals surface area contributed by atoms with Gasteiger partial charge < -0.3 is 10.5 Å². The maximum absolute atomic E-state index is 12.1. The number of rotatable bonds is 3. The number of carbonyl (C=O) groups excluding carboxylic acids is 1. The smallest absolute Gasteiger partial charge is 0.196 e. The first-order chi connectivity index (χ1) is 8.22. The van der Waals surface area contributed by atoms with Crippen molar-refractivity contribution in [3.05, 3.63) is 53.7 Å². The highest BCUT2D eigenvalue weighted by Gasteiger charge is 2.12. The molecule has 86 valence electrons. The van der Waals surface area contributed by atoms with Crippen molar-refractivity contribution in [3.63, 3.8) is 0 Å². The summed E-state index contributed by atoms with van der Waals surface area (Å²) in [5, 5.41) is 0. The van der Waals surface area contributed by atoms with Crippen LogP contribution < -0.4 is 10.5 Å². The summed E-state index contributed by atoms with van der Waals surface area (Å²) in [4.78, 5) is 16.0. The van der Waals surface area contributed by atoms with E-state index in [1.165, 1.54) is 0 Å². The fraction of sp³-hybridized carbons (Fsp3) is 0.0769. The molecule has 1 heterocycles. The summed E-state index contributed by atoms with van der Waals surface area (Å²) in [6.45, 7) is 0. The number of benzene rings is 1. The van der Waals surface area contributed by atoms with Gasteiger partial charge in [0, 0.05) is 11.8 Å². The van der Waals surface area contributed by atoms with Crippen molar-refractivity contribution in [3.8, 4) is 5.75 Å². The van der Waals surface area contributed by atoms with Gasteiger partial charge >= 0.3 is 0 Å². The van der Waals surface area contributed by atoms with E-state index in [9.17, 15) is 4.79 Å². The quantitative estimate of drug-likeness (QED) is 0.815. The molecule has 2 rings (SSSR count). The van der Waals surface area contributed by atoms with Crippen molar-refractivity contribution >= 4 is 11.6 Å². The van der Waals surface area contributed by atoms with Crippen LogP contribution in [0.25, 0.3) is 0 Å². The molecule has 4 nitrogen and oxygen atoms in total. The minimum Gasteiger partial charge on any atom is -0.497 e. The fourth-order valence-corrected chi connectivity index (χ4v) is 1.51. The van der Waals surface area contributed by atoms with Gasteiger partial charge in [0.1, 0.15) is 11.6 Å². The normalized spacial score (nSPS) is 9.94. The van der Waals surface area contributed by atoms with E-state index in [2.05, 4.69) is 4.98 Å². The van der Waals surface area contributed by atoms with Crippen LogP contribution in [0.4, 0.5) is 5.82 Å². The lowest BCUT2D eigenvalue weighted by Crippen LogP contribution is -2.06. The van der Waals surface area contributed by atoms with Crippen LogP contribution in [0.3, 0.4) is 0 Å². The molecule has 17 heavy (non-hydrogen) atoms. The third-order valence-electron chi connectivity index (χ3n) is 2.44. The number of nitrogen functional groups attached to an aromatic ring is 1. The first-order valence-electron chi connectivity index (χ1n) is 5.11. The number of carbonyl (C=O) groups is 1. The molecule has 0 spiro atoms. The Morgan fingerprint density at radius 1 is 1.24 bits per heavy atom. The number of anilines is 1. The maximum atomic E-state index is 12.1. The second kappa shape index (κ2) is 4.65. The van der Waals surface area contributed by atoms with Crippen molar-refractivity contribution in [1.29, 1.82) is 0 Å². The number of ketones is 1. The minimum absolute atomic E-state index is 0.141. The zero-order valence-corrected chi connectivity index (χ0v) is 9.38. The summed E-state index contributed by atoms with van der Waals surface area (Å²) in [5.41, 5.74) is 6.63. The number of ether oxygens (including phenoxy) is 1. The number of hydrogen-bond donors (Lipinski definition) is 1. The van der Waals surface area contributed by atoms with Crippen LogP contribution >= 0.6 is 0 Å². The molecule has 2 aromatic rings. The number of nitrogens with two attached hydrogens (primary N) is 1. The Morgan fingerprint density at radius 2 is 1.94 bits per heavy atom. The SMILES string of the molecule is COc1ccc(C(=O)c2cccnc2N)cc1. The lowest BCUT2D eigenvalue weighted by Gasteiger charge is -2.04. The topological polar surface area (TPSA) is 65.2 Å². The summed E-state index contributed by atoms with van der Waals surface area (Å²) < 4.78 is 5.03. The van der Waals surface area contributed by atoms with E-state index in [0.29, 0.717) is 16.9 Å². The van der Waals surface area contributed by atoms with Crippen LogP contribution in [-0.2, 0) is 0 Å². The number of pyridine rings is 1. The van der Waals surface area contributed by atoms with Gasteiger partial charge in [0.25, 0.3) is 0 Å². The van der Waals surface area contributed by atoms with Gasteiger partial charge in [-0.25, -0.2) is 4.98 Å². The average Bonchev–Trinajstić information content (AvgIpc) is 2.39. The Hall–Kier alpha value is -2.36. The zero-order valence-electron chi connectivity index (χ0n) is 9.38. The van der Waals surface area contributed by atoms with Crippen molar-refractivity contribution in [2.45, 2.75) is 0 Å². The molecule has 2 N–H and O–H groups in total. The van der Waals surface area contributed by atoms with Crippen LogP contribution in [0.15, 0.2) is 42.6 Å². The molecule has 0 saturated heterocycles. The zero-order chi connectivity index (χ0) is 12.3. The molecule has 1 aromatic heterocycles. The highest BCUT2D eigenvalue weighted by molar-refractivity contribution is 6.11.